The normalized spacial score (nSPS) is 11.8. The second kappa shape index (κ2) is 9.68. The summed E-state index contributed by atoms with van der Waals surface area (Å²) in [6.45, 7) is 5.57. The van der Waals surface area contributed by atoms with Gasteiger partial charge < -0.3 is 18.8 Å². The summed E-state index contributed by atoms with van der Waals surface area (Å²) in [4.78, 5) is 29.7. The Morgan fingerprint density at radius 1 is 1.23 bits per heavy atom. The molecule has 10 heteroatoms. The minimum Gasteiger partial charge on any atom is -0.479 e. The zero-order chi connectivity index (χ0) is 21.7. The fraction of sp³-hybridized carbons (Fsp3) is 0.400. The lowest BCUT2D eigenvalue weighted by molar-refractivity contribution is 0.0526. The summed E-state index contributed by atoms with van der Waals surface area (Å²) < 4.78 is 20.0. The number of methoxy groups -OCH3 is 1. The lowest BCUT2D eigenvalue weighted by Gasteiger charge is -2.06. The molecule has 0 atom stereocenters. The van der Waals surface area contributed by atoms with Crippen LogP contribution in [0, 0.1) is 0 Å². The van der Waals surface area contributed by atoms with Crippen LogP contribution in [0.1, 0.15) is 34.6 Å². The minimum atomic E-state index is -0.456. The average molecular weight is 433 g/mol. The minimum absolute atomic E-state index is 0.220. The molecule has 0 N–H and O–H groups in total. The predicted molar refractivity (Wildman–Crippen MR) is 112 cm³/mol. The second-order valence-electron chi connectivity index (χ2n) is 6.28. The number of ether oxygens (including phenoxy) is 3. The second-order valence-corrected chi connectivity index (χ2v) is 7.29. The Hall–Kier alpha value is -2.98. The summed E-state index contributed by atoms with van der Waals surface area (Å²) in [5, 5.41) is 4.10. The molecule has 3 rings (SSSR count). The van der Waals surface area contributed by atoms with E-state index in [-0.39, 0.29) is 17.4 Å². The maximum absolute atomic E-state index is 12.8. The van der Waals surface area contributed by atoms with Gasteiger partial charge in [-0.3, -0.25) is 9.48 Å². The number of hydrogen-bond acceptors (Lipinski definition) is 7. The number of esters is 1. The van der Waals surface area contributed by atoms with Crippen molar-refractivity contribution in [1.29, 1.82) is 0 Å². The van der Waals surface area contributed by atoms with Crippen LogP contribution in [0.5, 0.6) is 5.88 Å². The van der Waals surface area contributed by atoms with Crippen molar-refractivity contribution in [2.24, 2.45) is 12.0 Å². The Bertz CT molecular complexity index is 1130. The van der Waals surface area contributed by atoms with Crippen molar-refractivity contribution in [3.63, 3.8) is 0 Å². The van der Waals surface area contributed by atoms with Crippen LogP contribution in [0.3, 0.4) is 0 Å². The Morgan fingerprint density at radius 3 is 2.73 bits per heavy atom. The lowest BCUT2D eigenvalue weighted by Crippen LogP contribution is -2.19. The average Bonchev–Trinajstić information content (AvgIpc) is 3.27. The van der Waals surface area contributed by atoms with Crippen LogP contribution < -0.4 is 9.54 Å². The highest BCUT2D eigenvalue weighted by molar-refractivity contribution is 7.16. The zero-order valence-electron chi connectivity index (χ0n) is 17.4. The van der Waals surface area contributed by atoms with Gasteiger partial charge in [0.25, 0.3) is 5.91 Å². The highest BCUT2D eigenvalue weighted by Crippen LogP contribution is 2.21. The van der Waals surface area contributed by atoms with Crippen molar-refractivity contribution >= 4 is 33.4 Å². The first-order chi connectivity index (χ1) is 14.5. The third-order valence-corrected chi connectivity index (χ3v) is 5.31. The molecule has 2 heterocycles. The quantitative estimate of drug-likeness (QED) is 0.401. The van der Waals surface area contributed by atoms with Crippen LogP contribution in [0.4, 0.5) is 0 Å². The molecule has 0 aliphatic rings. The van der Waals surface area contributed by atoms with Gasteiger partial charge in [-0.15, -0.1) is 5.10 Å². The van der Waals surface area contributed by atoms with E-state index < -0.39 is 5.91 Å². The largest absolute Gasteiger partial charge is 0.479 e. The number of nitrogens with zero attached hydrogens (tertiary/aromatic N) is 4. The molecule has 0 saturated heterocycles. The molecule has 0 aliphatic carbocycles. The molecule has 2 aromatic heterocycles. The summed E-state index contributed by atoms with van der Waals surface area (Å²) >= 11 is 1.32. The van der Waals surface area contributed by atoms with E-state index in [1.807, 2.05) is 17.6 Å². The molecular weight excluding hydrogens is 408 g/mol. The van der Waals surface area contributed by atoms with Gasteiger partial charge in [-0.2, -0.15) is 4.99 Å². The van der Waals surface area contributed by atoms with Gasteiger partial charge in [-0.05, 0) is 32.0 Å². The van der Waals surface area contributed by atoms with Crippen LogP contribution in [-0.4, -0.2) is 53.2 Å². The van der Waals surface area contributed by atoms with Crippen molar-refractivity contribution in [2.45, 2.75) is 20.4 Å². The Kier molecular flexibility index (Phi) is 7.01. The number of benzene rings is 1. The van der Waals surface area contributed by atoms with Crippen molar-refractivity contribution in [2.75, 3.05) is 26.9 Å². The molecule has 0 radical (unpaired) electrons. The first kappa shape index (κ1) is 21.7. The van der Waals surface area contributed by atoms with Gasteiger partial charge in [-0.1, -0.05) is 11.3 Å². The first-order valence-electron chi connectivity index (χ1n) is 9.53. The maximum atomic E-state index is 12.8. The molecule has 1 aromatic carbocycles. The number of thiazole rings is 1. The van der Waals surface area contributed by atoms with E-state index in [0.29, 0.717) is 36.7 Å². The van der Waals surface area contributed by atoms with Crippen molar-refractivity contribution in [1.82, 2.24) is 14.3 Å². The fourth-order valence-corrected chi connectivity index (χ4v) is 4.02. The lowest BCUT2D eigenvalue weighted by atomic mass is 10.2. The van der Waals surface area contributed by atoms with E-state index in [2.05, 4.69) is 10.1 Å². The number of carbonyl (C=O) groups excluding carboxylic acids is 2. The summed E-state index contributed by atoms with van der Waals surface area (Å²) in [6.07, 6.45) is 1.57. The number of carbonyl (C=O) groups is 2. The molecule has 30 heavy (non-hydrogen) atoms. The first-order valence-corrected chi connectivity index (χ1v) is 10.3. The summed E-state index contributed by atoms with van der Waals surface area (Å²) in [5.74, 6) is -0.622. The summed E-state index contributed by atoms with van der Waals surface area (Å²) in [7, 11) is 3.16. The molecule has 0 unspecified atom stereocenters. The number of hydrogen-bond donors (Lipinski definition) is 0. The monoisotopic (exact) mass is 432 g/mol. The van der Waals surface area contributed by atoms with Crippen molar-refractivity contribution in [3.8, 4) is 5.88 Å². The predicted octanol–water partition coefficient (Wildman–Crippen LogP) is 2.40. The fourth-order valence-electron chi connectivity index (χ4n) is 2.93. The molecule has 9 nitrogen and oxygen atoms in total. The Morgan fingerprint density at radius 2 is 2.03 bits per heavy atom. The van der Waals surface area contributed by atoms with E-state index in [0.717, 1.165) is 10.2 Å². The van der Waals surface area contributed by atoms with Gasteiger partial charge in [0, 0.05) is 26.4 Å². The van der Waals surface area contributed by atoms with E-state index in [1.165, 1.54) is 23.1 Å². The van der Waals surface area contributed by atoms with Crippen LogP contribution in [-0.2, 0) is 23.1 Å². The number of aromatic nitrogens is 3. The molecule has 0 fully saturated rings. The Balaban J connectivity index is 2.08. The maximum Gasteiger partial charge on any atom is 0.338 e. The van der Waals surface area contributed by atoms with Gasteiger partial charge in [-0.25, -0.2) is 4.79 Å². The Labute approximate surface area is 177 Å². The third-order valence-electron chi connectivity index (χ3n) is 4.27. The molecule has 0 aliphatic heterocycles. The van der Waals surface area contributed by atoms with Crippen molar-refractivity contribution < 1.29 is 23.8 Å². The highest BCUT2D eigenvalue weighted by Gasteiger charge is 2.17. The van der Waals surface area contributed by atoms with Gasteiger partial charge in [0.05, 0.1) is 36.1 Å². The number of amides is 1. The third kappa shape index (κ3) is 4.60. The van der Waals surface area contributed by atoms with Crippen LogP contribution in [0.15, 0.2) is 29.4 Å². The van der Waals surface area contributed by atoms with E-state index in [1.54, 1.807) is 32.3 Å². The number of rotatable bonds is 8. The smallest absolute Gasteiger partial charge is 0.338 e. The van der Waals surface area contributed by atoms with E-state index in [4.69, 9.17) is 14.2 Å². The molecule has 0 saturated carbocycles. The van der Waals surface area contributed by atoms with Crippen LogP contribution in [0.25, 0.3) is 10.2 Å². The molecule has 3 aromatic rings. The van der Waals surface area contributed by atoms with Gasteiger partial charge in [0.1, 0.15) is 5.56 Å². The number of fused-ring (bicyclic) bond motifs is 1. The van der Waals surface area contributed by atoms with E-state index in [9.17, 15) is 9.59 Å². The number of aryl methyl sites for hydroxylation is 1. The molecule has 0 bridgehead atoms. The van der Waals surface area contributed by atoms with Gasteiger partial charge >= 0.3 is 5.97 Å². The zero-order valence-corrected chi connectivity index (χ0v) is 18.2. The molecular formula is C20H24N4O5S. The van der Waals surface area contributed by atoms with Crippen LogP contribution in [0.2, 0.25) is 0 Å². The van der Waals surface area contributed by atoms with Crippen molar-refractivity contribution in [3.05, 3.63) is 40.3 Å². The molecule has 0 spiro atoms. The molecule has 1 amide bonds. The standard InChI is InChI=1S/C20H24N4O5S/c1-5-28-10-9-24-15-8-7-13(19(26)29-6-2)11-16(15)30-20(24)21-17(25)14-12-23(3)22-18(14)27-4/h7-8,11-12H,5-6,9-10H2,1-4H3. The summed E-state index contributed by atoms with van der Waals surface area (Å²) in [6, 6.07) is 5.29. The highest BCUT2D eigenvalue weighted by atomic mass is 32.1. The van der Waals surface area contributed by atoms with Gasteiger partial charge in [0.15, 0.2) is 4.80 Å². The topological polar surface area (TPSA) is 96.9 Å². The van der Waals surface area contributed by atoms with E-state index >= 15 is 0 Å². The molecule has 160 valence electrons. The van der Waals surface area contributed by atoms with Crippen LogP contribution >= 0.6 is 11.3 Å². The van der Waals surface area contributed by atoms with Gasteiger partial charge in [0.2, 0.25) is 5.88 Å². The summed E-state index contributed by atoms with van der Waals surface area (Å²) in [5.41, 5.74) is 1.59. The SMILES string of the molecule is CCOCCn1c(=NC(=O)c2cn(C)nc2OC)sc2cc(C(=O)OCC)ccc21.